The van der Waals surface area contributed by atoms with Gasteiger partial charge in [-0.3, -0.25) is 0 Å². The van der Waals surface area contributed by atoms with Gasteiger partial charge in [0, 0.05) is 0 Å². The van der Waals surface area contributed by atoms with Crippen molar-refractivity contribution in [3.05, 3.63) is 0 Å². The summed E-state index contributed by atoms with van der Waals surface area (Å²) in [5.41, 5.74) is 0. The Balaban J connectivity index is 0. The van der Waals surface area contributed by atoms with Crippen LogP contribution < -0.4 is 29.6 Å². The molecule has 0 amide bonds. The van der Waals surface area contributed by atoms with Crippen LogP contribution in [-0.2, 0) is 0 Å². The summed E-state index contributed by atoms with van der Waals surface area (Å²) in [5.74, 6) is 0. The van der Waals surface area contributed by atoms with E-state index in [0.717, 1.165) is 0 Å². The molecule has 0 aliphatic rings. The van der Waals surface area contributed by atoms with E-state index in [1.807, 2.05) is 0 Å². The molecule has 0 rings (SSSR count). The van der Waals surface area contributed by atoms with Crippen LogP contribution in [0.15, 0.2) is 0 Å². The van der Waals surface area contributed by atoms with E-state index in [0.29, 0.717) is 0 Å². The third-order valence-electron chi connectivity index (χ3n) is 0. The van der Waals surface area contributed by atoms with E-state index < -0.39 is 0 Å². The quantitative estimate of drug-likeness (QED) is 0.240. The summed E-state index contributed by atoms with van der Waals surface area (Å²) in [5, 5.41) is 0. The van der Waals surface area contributed by atoms with Gasteiger partial charge in [0.1, 0.15) is 0 Å². The molecule has 0 aromatic carbocycles. The first-order valence-electron chi connectivity index (χ1n) is 0.894. The molecular formula is C2H6NaP. The van der Waals surface area contributed by atoms with Crippen molar-refractivity contribution in [1.82, 2.24) is 0 Å². The minimum atomic E-state index is 0. The molecule has 0 aliphatic heterocycles. The average Bonchev–Trinajstić information content (AvgIpc) is 0.918. The summed E-state index contributed by atoms with van der Waals surface area (Å²) in [6, 6.07) is 0. The second kappa shape index (κ2) is 8.83. The molecule has 0 bridgehead atoms. The Kier molecular flexibility index (Phi) is 20.0. The topological polar surface area (TPSA) is 0 Å². The molecule has 2 heteroatoms. The van der Waals surface area contributed by atoms with Gasteiger partial charge in [0.15, 0.2) is 0 Å². The van der Waals surface area contributed by atoms with Gasteiger partial charge in [-0.2, -0.15) is 13.3 Å². The summed E-state index contributed by atoms with van der Waals surface area (Å²) >= 11 is 0. The van der Waals surface area contributed by atoms with Crippen molar-refractivity contribution in [3.63, 3.8) is 0 Å². The van der Waals surface area contributed by atoms with Gasteiger partial charge < -0.3 is 8.58 Å². The van der Waals surface area contributed by atoms with Gasteiger partial charge in [-0.05, 0) is 0 Å². The molecule has 0 atom stereocenters. The molecule has 0 saturated heterocycles. The Morgan fingerprint density at radius 1 is 1.25 bits per heavy atom. The van der Waals surface area contributed by atoms with Crippen molar-refractivity contribution in [2.75, 3.05) is 13.3 Å². The monoisotopic (exact) mass is 84.0 g/mol. The molecular weight excluding hydrogens is 78.0 g/mol. The fourth-order valence-electron chi connectivity index (χ4n) is 0. The van der Waals surface area contributed by atoms with Gasteiger partial charge in [-0.25, -0.2) is 0 Å². The molecule has 0 N–H and O–H groups in total. The smallest absolute Gasteiger partial charge is 0.547 e. The minimum Gasteiger partial charge on any atom is -0.547 e. The summed E-state index contributed by atoms with van der Waals surface area (Å²) < 4.78 is 0. The summed E-state index contributed by atoms with van der Waals surface area (Å²) in [6.07, 6.45) is 0. The van der Waals surface area contributed by atoms with Gasteiger partial charge in [0.25, 0.3) is 0 Å². The van der Waals surface area contributed by atoms with Crippen molar-refractivity contribution >= 4 is 8.58 Å². The zero-order valence-corrected chi connectivity index (χ0v) is 6.34. The second-order valence-corrected chi connectivity index (χ2v) is 1.34. The van der Waals surface area contributed by atoms with E-state index >= 15 is 0 Å². The minimum absolute atomic E-state index is 0. The van der Waals surface area contributed by atoms with Crippen LogP contribution in [0.4, 0.5) is 0 Å². The summed E-state index contributed by atoms with van der Waals surface area (Å²) in [7, 11) is 1.42. The normalized spacial score (nSPS) is 4.50. The Morgan fingerprint density at radius 2 is 1.25 bits per heavy atom. The number of rotatable bonds is 0. The van der Waals surface area contributed by atoms with Crippen LogP contribution in [0.1, 0.15) is 0 Å². The molecule has 0 saturated carbocycles. The van der Waals surface area contributed by atoms with Crippen LogP contribution in [0.25, 0.3) is 0 Å². The molecule has 0 fully saturated rings. The van der Waals surface area contributed by atoms with E-state index in [2.05, 4.69) is 13.3 Å². The first-order chi connectivity index (χ1) is 1.41. The fraction of sp³-hybridized carbons (Fsp3) is 1.00. The van der Waals surface area contributed by atoms with Crippen molar-refractivity contribution < 1.29 is 29.6 Å². The zero-order chi connectivity index (χ0) is 2.71. The molecule has 0 aromatic rings. The Hall–Kier alpha value is 1.43. The van der Waals surface area contributed by atoms with Crippen molar-refractivity contribution in [2.24, 2.45) is 0 Å². The molecule has 0 heterocycles. The molecule has 0 spiro atoms. The van der Waals surface area contributed by atoms with Crippen LogP contribution in [0, 0.1) is 0 Å². The molecule has 0 nitrogen and oxygen atoms in total. The third-order valence-corrected chi connectivity index (χ3v) is 0. The van der Waals surface area contributed by atoms with Gasteiger partial charge in [-0.15, -0.1) is 0 Å². The van der Waals surface area contributed by atoms with Crippen LogP contribution >= 0.6 is 8.58 Å². The van der Waals surface area contributed by atoms with Crippen LogP contribution in [0.5, 0.6) is 0 Å². The van der Waals surface area contributed by atoms with E-state index in [4.69, 9.17) is 0 Å². The summed E-state index contributed by atoms with van der Waals surface area (Å²) in [6.45, 7) is 4.19. The number of hydrogen-bond acceptors (Lipinski definition) is 0. The van der Waals surface area contributed by atoms with Crippen molar-refractivity contribution in [1.29, 1.82) is 0 Å². The molecule has 0 aliphatic carbocycles. The van der Waals surface area contributed by atoms with E-state index in [1.165, 1.54) is 8.58 Å². The average molecular weight is 84.0 g/mol. The van der Waals surface area contributed by atoms with E-state index in [1.54, 1.807) is 0 Å². The third kappa shape index (κ3) is 9.90. The Bertz CT molecular complexity index is 6.00. The van der Waals surface area contributed by atoms with E-state index in [9.17, 15) is 0 Å². The van der Waals surface area contributed by atoms with Crippen LogP contribution in [0.2, 0.25) is 0 Å². The maximum atomic E-state index is 2.10. The molecule has 0 radical (unpaired) electrons. The first kappa shape index (κ1) is 9.06. The van der Waals surface area contributed by atoms with Crippen LogP contribution in [0.3, 0.4) is 0 Å². The van der Waals surface area contributed by atoms with Gasteiger partial charge >= 0.3 is 29.6 Å². The molecule has 0 unspecified atom stereocenters. The largest absolute Gasteiger partial charge is 1.00 e. The Labute approximate surface area is 51.4 Å². The predicted molar refractivity (Wildman–Crippen MR) is 18.8 cm³/mol. The second-order valence-electron chi connectivity index (χ2n) is 0.447. The first-order valence-corrected chi connectivity index (χ1v) is 2.68. The standard InChI is InChI=1S/C2H6P.Na/c1-3-2;/h1-2H3;/q-1;+1. The van der Waals surface area contributed by atoms with Gasteiger partial charge in [-0.1, -0.05) is 0 Å². The van der Waals surface area contributed by atoms with Crippen LogP contribution in [-0.4, -0.2) is 13.3 Å². The van der Waals surface area contributed by atoms with Crippen molar-refractivity contribution in [2.45, 2.75) is 0 Å². The maximum Gasteiger partial charge on any atom is 1.00 e. The Morgan fingerprint density at radius 3 is 1.25 bits per heavy atom. The number of hydrogen-bond donors (Lipinski definition) is 0. The maximum absolute atomic E-state index is 2.10. The molecule has 20 valence electrons. The van der Waals surface area contributed by atoms with Gasteiger partial charge in [0.2, 0.25) is 0 Å². The SMILES string of the molecule is C[P-]C.[Na+]. The molecule has 4 heavy (non-hydrogen) atoms. The van der Waals surface area contributed by atoms with Gasteiger partial charge in [0.05, 0.1) is 0 Å². The zero-order valence-electron chi connectivity index (χ0n) is 3.45. The fourth-order valence-corrected chi connectivity index (χ4v) is 0. The van der Waals surface area contributed by atoms with E-state index in [-0.39, 0.29) is 29.6 Å². The van der Waals surface area contributed by atoms with Crippen molar-refractivity contribution in [3.8, 4) is 0 Å². The predicted octanol–water partition coefficient (Wildman–Crippen LogP) is -1.80. The molecule has 0 aromatic heterocycles. The summed E-state index contributed by atoms with van der Waals surface area (Å²) in [4.78, 5) is 0.